The normalized spacial score (nSPS) is 18.8. The van der Waals surface area contributed by atoms with E-state index in [1.165, 1.54) is 35.6 Å². The van der Waals surface area contributed by atoms with Crippen molar-refractivity contribution in [3.63, 3.8) is 0 Å². The first-order valence-electron chi connectivity index (χ1n) is 10.3. The Morgan fingerprint density at radius 2 is 1.76 bits per heavy atom. The summed E-state index contributed by atoms with van der Waals surface area (Å²) in [5, 5.41) is 4.46. The van der Waals surface area contributed by atoms with Gasteiger partial charge in [0.2, 0.25) is 0 Å². The minimum atomic E-state index is -4.75. The Bertz CT molecular complexity index is 1100. The number of hydrogen-bond acceptors (Lipinski definition) is 5. The maximum atomic E-state index is 14.0. The number of carbonyl (C=O) groups excluding carboxylic acids is 2. The van der Waals surface area contributed by atoms with Gasteiger partial charge in [-0.1, -0.05) is 36.4 Å². The first-order valence-corrected chi connectivity index (χ1v) is 11.1. The van der Waals surface area contributed by atoms with Crippen LogP contribution in [0.2, 0.25) is 0 Å². The van der Waals surface area contributed by atoms with Crippen molar-refractivity contribution in [2.45, 2.75) is 19.1 Å². The van der Waals surface area contributed by atoms with Gasteiger partial charge in [-0.25, -0.2) is 0 Å². The molecule has 1 aliphatic rings. The van der Waals surface area contributed by atoms with E-state index in [0.717, 1.165) is 5.56 Å². The Hall–Kier alpha value is -3.17. The van der Waals surface area contributed by atoms with Crippen LogP contribution < -0.4 is 10.1 Å². The van der Waals surface area contributed by atoms with E-state index in [1.54, 1.807) is 22.4 Å². The molecule has 0 bridgehead atoms. The van der Waals surface area contributed by atoms with Crippen LogP contribution in [0.1, 0.15) is 21.7 Å². The molecular weight excluding hydrogens is 453 g/mol. The summed E-state index contributed by atoms with van der Waals surface area (Å²) in [5.41, 5.74) is -1.27. The zero-order valence-electron chi connectivity index (χ0n) is 17.5. The molecule has 1 saturated heterocycles. The van der Waals surface area contributed by atoms with Gasteiger partial charge in [-0.15, -0.1) is 11.3 Å². The largest absolute Gasteiger partial charge is 0.426 e. The van der Waals surface area contributed by atoms with Gasteiger partial charge in [0.1, 0.15) is 5.75 Å². The number of benzene rings is 2. The average Bonchev–Trinajstić information content (AvgIpc) is 3.46. The fourth-order valence-corrected chi connectivity index (χ4v) is 4.41. The van der Waals surface area contributed by atoms with Gasteiger partial charge in [-0.2, -0.15) is 13.2 Å². The Morgan fingerprint density at radius 1 is 1.03 bits per heavy atom. The Morgan fingerprint density at radius 3 is 2.39 bits per heavy atom. The van der Waals surface area contributed by atoms with E-state index < -0.39 is 24.1 Å². The lowest BCUT2D eigenvalue weighted by Gasteiger charge is -2.29. The van der Waals surface area contributed by atoms with E-state index in [-0.39, 0.29) is 24.6 Å². The summed E-state index contributed by atoms with van der Waals surface area (Å²) in [6.07, 6.45) is -5.11. The molecular formula is C24H21F3N2O3S. The molecule has 1 unspecified atom stereocenters. The molecule has 0 saturated carbocycles. The first-order chi connectivity index (χ1) is 15.8. The Labute approximate surface area is 192 Å². The van der Waals surface area contributed by atoms with Crippen molar-refractivity contribution in [2.24, 2.45) is 5.41 Å². The molecule has 0 aliphatic carbocycles. The SMILES string of the molecule is O=C(Nc1ccc(OC(=O)C2(C(F)(F)F)CCN(Cc3ccccc3)C2)cc1)c1cccs1. The molecule has 1 aliphatic heterocycles. The van der Waals surface area contributed by atoms with Crippen LogP contribution in [0, 0.1) is 5.41 Å². The lowest BCUT2D eigenvalue weighted by Crippen LogP contribution is -2.49. The summed E-state index contributed by atoms with van der Waals surface area (Å²) in [5.74, 6) is -1.63. The second-order valence-electron chi connectivity index (χ2n) is 7.87. The number of halogens is 3. The van der Waals surface area contributed by atoms with Crippen LogP contribution >= 0.6 is 11.3 Å². The van der Waals surface area contributed by atoms with Gasteiger partial charge in [0, 0.05) is 25.3 Å². The van der Waals surface area contributed by atoms with Gasteiger partial charge in [-0.3, -0.25) is 14.5 Å². The number of ether oxygens (including phenoxy) is 1. The summed E-state index contributed by atoms with van der Waals surface area (Å²) >= 11 is 1.29. The quantitative estimate of drug-likeness (QED) is 0.386. The van der Waals surface area contributed by atoms with Crippen molar-refractivity contribution in [1.82, 2.24) is 4.90 Å². The average molecular weight is 475 g/mol. The maximum absolute atomic E-state index is 14.0. The molecule has 3 aromatic rings. The molecule has 1 amide bonds. The molecule has 0 spiro atoms. The van der Waals surface area contributed by atoms with Crippen LogP contribution in [-0.4, -0.2) is 36.0 Å². The van der Waals surface area contributed by atoms with Crippen LogP contribution in [0.3, 0.4) is 0 Å². The fourth-order valence-electron chi connectivity index (χ4n) is 3.79. The van der Waals surface area contributed by atoms with Crippen LogP contribution in [0.25, 0.3) is 0 Å². The van der Waals surface area contributed by atoms with Crippen molar-refractivity contribution >= 4 is 28.9 Å². The van der Waals surface area contributed by atoms with Gasteiger partial charge in [-0.05, 0) is 47.7 Å². The summed E-state index contributed by atoms with van der Waals surface area (Å²) in [7, 11) is 0. The third-order valence-electron chi connectivity index (χ3n) is 5.60. The molecule has 33 heavy (non-hydrogen) atoms. The number of amides is 1. The van der Waals surface area contributed by atoms with E-state index in [4.69, 9.17) is 4.74 Å². The lowest BCUT2D eigenvalue weighted by molar-refractivity contribution is -0.226. The highest BCUT2D eigenvalue weighted by molar-refractivity contribution is 7.12. The predicted octanol–water partition coefficient (Wildman–Crippen LogP) is 5.36. The number of esters is 1. The molecule has 9 heteroatoms. The number of carbonyl (C=O) groups is 2. The summed E-state index contributed by atoms with van der Waals surface area (Å²) in [6, 6.07) is 18.3. The van der Waals surface area contributed by atoms with Crippen LogP contribution in [0.5, 0.6) is 5.75 Å². The summed E-state index contributed by atoms with van der Waals surface area (Å²) in [6.45, 7) is 0.000954. The molecule has 4 rings (SSSR count). The van der Waals surface area contributed by atoms with Crippen LogP contribution in [0.4, 0.5) is 18.9 Å². The molecule has 172 valence electrons. The standard InChI is InChI=1S/C24H21F3N2O3S/c25-24(26,27)23(12-13-29(16-23)15-17-5-2-1-3-6-17)22(31)32-19-10-8-18(9-11-19)28-21(30)20-7-4-14-33-20/h1-11,14H,12-13,15-16H2,(H,28,30). The highest BCUT2D eigenvalue weighted by Gasteiger charge is 2.64. The summed E-state index contributed by atoms with van der Waals surface area (Å²) in [4.78, 5) is 27.0. The van der Waals surface area contributed by atoms with Gasteiger partial charge in [0.25, 0.3) is 5.91 Å². The number of likely N-dealkylation sites (tertiary alicyclic amines) is 1. The number of hydrogen-bond donors (Lipinski definition) is 1. The summed E-state index contributed by atoms with van der Waals surface area (Å²) < 4.78 is 47.3. The molecule has 1 N–H and O–H groups in total. The molecule has 1 fully saturated rings. The van der Waals surface area contributed by atoms with E-state index in [1.807, 2.05) is 30.3 Å². The van der Waals surface area contributed by atoms with E-state index in [9.17, 15) is 22.8 Å². The molecule has 1 atom stereocenters. The van der Waals surface area contributed by atoms with Gasteiger partial charge >= 0.3 is 12.1 Å². The monoisotopic (exact) mass is 474 g/mol. The second kappa shape index (κ2) is 9.36. The minimum absolute atomic E-state index is 0.0146. The zero-order chi connectivity index (χ0) is 23.5. The van der Waals surface area contributed by atoms with Crippen LogP contribution in [0.15, 0.2) is 72.1 Å². The Balaban J connectivity index is 1.43. The Kier molecular flexibility index (Phi) is 6.53. The highest BCUT2D eigenvalue weighted by Crippen LogP contribution is 2.47. The maximum Gasteiger partial charge on any atom is 0.406 e. The highest BCUT2D eigenvalue weighted by atomic mass is 32.1. The molecule has 2 aromatic carbocycles. The second-order valence-corrected chi connectivity index (χ2v) is 8.82. The number of anilines is 1. The topological polar surface area (TPSA) is 58.6 Å². The van der Waals surface area contributed by atoms with Crippen molar-refractivity contribution in [3.05, 3.63) is 82.6 Å². The molecule has 0 radical (unpaired) electrons. The smallest absolute Gasteiger partial charge is 0.406 e. The van der Waals surface area contributed by atoms with Crippen molar-refractivity contribution in [1.29, 1.82) is 0 Å². The number of nitrogens with one attached hydrogen (secondary N) is 1. The minimum Gasteiger partial charge on any atom is -0.426 e. The third-order valence-corrected chi connectivity index (χ3v) is 6.47. The molecule has 1 aromatic heterocycles. The van der Waals surface area contributed by atoms with Crippen molar-refractivity contribution in [3.8, 4) is 5.75 Å². The fraction of sp³-hybridized carbons (Fsp3) is 0.250. The predicted molar refractivity (Wildman–Crippen MR) is 119 cm³/mol. The van der Waals surface area contributed by atoms with Crippen LogP contribution in [-0.2, 0) is 11.3 Å². The van der Waals surface area contributed by atoms with E-state index in [2.05, 4.69) is 5.32 Å². The van der Waals surface area contributed by atoms with Gasteiger partial charge in [0.15, 0.2) is 5.41 Å². The van der Waals surface area contributed by atoms with E-state index >= 15 is 0 Å². The molecule has 2 heterocycles. The number of thiophene rings is 1. The van der Waals surface area contributed by atoms with Crippen molar-refractivity contribution < 1.29 is 27.5 Å². The zero-order valence-corrected chi connectivity index (χ0v) is 18.3. The lowest BCUT2D eigenvalue weighted by atomic mass is 9.86. The van der Waals surface area contributed by atoms with Gasteiger partial charge < -0.3 is 10.1 Å². The molecule has 5 nitrogen and oxygen atoms in total. The first kappa shape index (κ1) is 23.0. The number of alkyl halides is 3. The number of nitrogens with zero attached hydrogens (tertiary/aromatic N) is 1. The van der Waals surface area contributed by atoms with Crippen molar-refractivity contribution in [2.75, 3.05) is 18.4 Å². The third kappa shape index (κ3) is 5.09. The van der Waals surface area contributed by atoms with Gasteiger partial charge in [0.05, 0.1) is 4.88 Å². The van der Waals surface area contributed by atoms with E-state index in [0.29, 0.717) is 17.1 Å². The number of rotatable bonds is 6.